The number of para-hydroxylation sites is 1. The molecule has 2 heterocycles. The Hall–Kier alpha value is -3.58. The number of ether oxygens (including phenoxy) is 2. The number of H-pyrrole nitrogens is 1. The predicted octanol–water partition coefficient (Wildman–Crippen LogP) is 5.11. The maximum atomic E-state index is 13.3. The fraction of sp³-hybridized carbons (Fsp3) is 0.357. The molecule has 0 saturated carbocycles. The summed E-state index contributed by atoms with van der Waals surface area (Å²) in [6.45, 7) is 8.87. The summed E-state index contributed by atoms with van der Waals surface area (Å²) in [5.41, 5.74) is 3.02. The Labute approximate surface area is 205 Å². The van der Waals surface area contributed by atoms with Gasteiger partial charge in [-0.2, -0.15) is 0 Å². The van der Waals surface area contributed by atoms with Crippen molar-refractivity contribution in [2.24, 2.45) is 0 Å². The Morgan fingerprint density at radius 2 is 1.91 bits per heavy atom. The number of fused-ring (bicyclic) bond motifs is 1. The third-order valence-electron chi connectivity index (χ3n) is 6.15. The van der Waals surface area contributed by atoms with Crippen molar-refractivity contribution < 1.29 is 24.2 Å². The Kier molecular flexibility index (Phi) is 7.26. The standard InChI is InChI=1S/C28H32N2O5/c1-5-13-35-23-11-10-19(15-18(23)4)26(31)24-25(21-16-29-22-9-7-6-8-20(21)22)30(28(33)27(24)32)12-14-34-17(2)3/h6-11,15-17,25,29,31H,5,12-14H2,1-4H3/b26-24+. The second-order valence-corrected chi connectivity index (χ2v) is 9.03. The van der Waals surface area contributed by atoms with E-state index < -0.39 is 17.7 Å². The number of likely N-dealkylation sites (tertiary alicyclic amines) is 1. The lowest BCUT2D eigenvalue weighted by Crippen LogP contribution is -2.33. The molecule has 4 rings (SSSR count). The number of aliphatic hydroxyl groups is 1. The van der Waals surface area contributed by atoms with Crippen LogP contribution in [0.4, 0.5) is 0 Å². The van der Waals surface area contributed by atoms with Gasteiger partial charge in [0.1, 0.15) is 11.5 Å². The van der Waals surface area contributed by atoms with E-state index in [-0.39, 0.29) is 30.6 Å². The molecule has 184 valence electrons. The van der Waals surface area contributed by atoms with Crippen molar-refractivity contribution >= 4 is 28.4 Å². The smallest absolute Gasteiger partial charge is 0.295 e. The zero-order chi connectivity index (χ0) is 25.1. The molecular formula is C28H32N2O5. The first kappa shape index (κ1) is 24.5. The summed E-state index contributed by atoms with van der Waals surface area (Å²) in [5, 5.41) is 12.3. The predicted molar refractivity (Wildman–Crippen MR) is 135 cm³/mol. The van der Waals surface area contributed by atoms with Crippen LogP contribution in [0.2, 0.25) is 0 Å². The molecule has 0 aliphatic carbocycles. The molecule has 35 heavy (non-hydrogen) atoms. The third-order valence-corrected chi connectivity index (χ3v) is 6.15. The van der Waals surface area contributed by atoms with Crippen LogP contribution in [0.25, 0.3) is 16.7 Å². The van der Waals surface area contributed by atoms with E-state index in [1.807, 2.05) is 52.0 Å². The Balaban J connectivity index is 1.81. The van der Waals surface area contributed by atoms with E-state index in [4.69, 9.17) is 9.47 Å². The number of Topliss-reactive ketones (excluding diaryl/α,β-unsaturated/α-hetero) is 1. The Morgan fingerprint density at radius 3 is 2.63 bits per heavy atom. The van der Waals surface area contributed by atoms with Crippen molar-refractivity contribution in [2.75, 3.05) is 19.8 Å². The highest BCUT2D eigenvalue weighted by Crippen LogP contribution is 2.42. The second-order valence-electron chi connectivity index (χ2n) is 9.03. The lowest BCUT2D eigenvalue weighted by molar-refractivity contribution is -0.140. The van der Waals surface area contributed by atoms with Crippen LogP contribution in [0, 0.1) is 6.92 Å². The average molecular weight is 477 g/mol. The summed E-state index contributed by atoms with van der Waals surface area (Å²) in [6.07, 6.45) is 2.68. The van der Waals surface area contributed by atoms with Crippen LogP contribution < -0.4 is 4.74 Å². The van der Waals surface area contributed by atoms with Crippen LogP contribution in [0.1, 0.15) is 49.9 Å². The van der Waals surface area contributed by atoms with E-state index in [0.717, 1.165) is 34.2 Å². The first-order valence-corrected chi connectivity index (χ1v) is 12.0. The van der Waals surface area contributed by atoms with E-state index in [1.165, 1.54) is 4.90 Å². The number of aromatic amines is 1. The van der Waals surface area contributed by atoms with Gasteiger partial charge in [-0.3, -0.25) is 9.59 Å². The zero-order valence-electron chi connectivity index (χ0n) is 20.6. The summed E-state index contributed by atoms with van der Waals surface area (Å²) in [5.74, 6) is -0.820. The number of nitrogens with zero attached hydrogens (tertiary/aromatic N) is 1. The van der Waals surface area contributed by atoms with Crippen molar-refractivity contribution in [3.05, 3.63) is 70.9 Å². The second kappa shape index (κ2) is 10.4. The molecule has 1 unspecified atom stereocenters. The molecule has 1 atom stereocenters. The number of nitrogens with one attached hydrogen (secondary N) is 1. The van der Waals surface area contributed by atoms with Gasteiger partial charge in [-0.25, -0.2) is 0 Å². The molecule has 2 N–H and O–H groups in total. The number of aryl methyl sites for hydroxylation is 1. The van der Waals surface area contributed by atoms with Crippen molar-refractivity contribution in [1.29, 1.82) is 0 Å². The van der Waals surface area contributed by atoms with Crippen LogP contribution in [-0.4, -0.2) is 52.5 Å². The zero-order valence-corrected chi connectivity index (χ0v) is 20.6. The molecule has 2 aromatic carbocycles. The number of carbonyl (C=O) groups excluding carboxylic acids is 2. The van der Waals surface area contributed by atoms with Crippen LogP contribution in [0.15, 0.2) is 54.2 Å². The van der Waals surface area contributed by atoms with Gasteiger partial charge in [-0.1, -0.05) is 25.1 Å². The van der Waals surface area contributed by atoms with Gasteiger partial charge in [-0.05, 0) is 57.0 Å². The van der Waals surface area contributed by atoms with Crippen molar-refractivity contribution in [3.63, 3.8) is 0 Å². The molecule has 0 radical (unpaired) electrons. The molecule has 1 aromatic heterocycles. The number of aromatic nitrogens is 1. The summed E-state index contributed by atoms with van der Waals surface area (Å²) >= 11 is 0. The first-order chi connectivity index (χ1) is 16.8. The van der Waals surface area contributed by atoms with Gasteiger partial charge in [0.2, 0.25) is 0 Å². The minimum atomic E-state index is -0.738. The highest BCUT2D eigenvalue weighted by molar-refractivity contribution is 6.46. The average Bonchev–Trinajstić information content (AvgIpc) is 3.37. The lowest BCUT2D eigenvalue weighted by Gasteiger charge is -2.25. The number of rotatable bonds is 9. The van der Waals surface area contributed by atoms with Gasteiger partial charge in [0.25, 0.3) is 11.7 Å². The topological polar surface area (TPSA) is 91.9 Å². The molecule has 7 heteroatoms. The first-order valence-electron chi connectivity index (χ1n) is 12.0. The molecule has 0 bridgehead atoms. The fourth-order valence-electron chi connectivity index (χ4n) is 4.47. The molecule has 1 amide bonds. The summed E-state index contributed by atoms with van der Waals surface area (Å²) in [4.78, 5) is 31.2. The van der Waals surface area contributed by atoms with Crippen molar-refractivity contribution in [3.8, 4) is 5.75 Å². The fourth-order valence-corrected chi connectivity index (χ4v) is 4.47. The maximum absolute atomic E-state index is 13.3. The molecule has 1 aliphatic heterocycles. The monoisotopic (exact) mass is 476 g/mol. The SMILES string of the molecule is CCCOc1ccc(/C(O)=C2\C(=O)C(=O)N(CCOC(C)C)C2c2c[nH]c3ccccc23)cc1C. The molecular weight excluding hydrogens is 444 g/mol. The van der Waals surface area contributed by atoms with E-state index in [9.17, 15) is 14.7 Å². The van der Waals surface area contributed by atoms with E-state index in [0.29, 0.717) is 12.2 Å². The van der Waals surface area contributed by atoms with Crippen molar-refractivity contribution in [2.45, 2.75) is 46.3 Å². The molecule has 1 aliphatic rings. The van der Waals surface area contributed by atoms with Gasteiger partial charge < -0.3 is 24.5 Å². The number of benzene rings is 2. The maximum Gasteiger partial charge on any atom is 0.295 e. The van der Waals surface area contributed by atoms with Crippen molar-refractivity contribution in [1.82, 2.24) is 9.88 Å². The molecule has 1 saturated heterocycles. The summed E-state index contributed by atoms with van der Waals surface area (Å²) in [7, 11) is 0. The van der Waals surface area contributed by atoms with E-state index in [1.54, 1.807) is 24.4 Å². The molecule has 7 nitrogen and oxygen atoms in total. The van der Waals surface area contributed by atoms with Gasteiger partial charge in [0.05, 0.1) is 30.9 Å². The normalized spacial score (nSPS) is 17.6. The number of amides is 1. The Morgan fingerprint density at radius 1 is 1.14 bits per heavy atom. The van der Waals surface area contributed by atoms with Gasteiger partial charge in [0, 0.05) is 34.8 Å². The van der Waals surface area contributed by atoms with Gasteiger partial charge in [0.15, 0.2) is 0 Å². The highest BCUT2D eigenvalue weighted by atomic mass is 16.5. The van der Waals surface area contributed by atoms with Gasteiger partial charge in [-0.15, -0.1) is 0 Å². The number of hydrogen-bond donors (Lipinski definition) is 2. The van der Waals surface area contributed by atoms with E-state index >= 15 is 0 Å². The van der Waals surface area contributed by atoms with Crippen LogP contribution >= 0.6 is 0 Å². The highest BCUT2D eigenvalue weighted by Gasteiger charge is 2.46. The van der Waals surface area contributed by atoms with Gasteiger partial charge >= 0.3 is 0 Å². The van der Waals surface area contributed by atoms with Crippen LogP contribution in [-0.2, 0) is 14.3 Å². The summed E-state index contributed by atoms with van der Waals surface area (Å²) < 4.78 is 11.4. The number of carbonyl (C=O) groups is 2. The number of aliphatic hydroxyl groups excluding tert-OH is 1. The van der Waals surface area contributed by atoms with Crippen LogP contribution in [0.3, 0.4) is 0 Å². The molecule has 0 spiro atoms. The number of hydrogen-bond acceptors (Lipinski definition) is 5. The van der Waals surface area contributed by atoms with Crippen LogP contribution in [0.5, 0.6) is 5.75 Å². The quantitative estimate of drug-likeness (QED) is 0.254. The largest absolute Gasteiger partial charge is 0.507 e. The Bertz CT molecular complexity index is 1270. The molecule has 1 fully saturated rings. The lowest BCUT2D eigenvalue weighted by atomic mass is 9.94. The minimum Gasteiger partial charge on any atom is -0.507 e. The third kappa shape index (κ3) is 4.82. The minimum absolute atomic E-state index is 0.00484. The molecule has 3 aromatic rings. The number of ketones is 1. The summed E-state index contributed by atoms with van der Waals surface area (Å²) in [6, 6.07) is 12.2. The van der Waals surface area contributed by atoms with E-state index in [2.05, 4.69) is 4.98 Å².